The lowest BCUT2D eigenvalue weighted by molar-refractivity contribution is -0.274. The summed E-state index contributed by atoms with van der Waals surface area (Å²) in [5, 5.41) is 2.64. The van der Waals surface area contributed by atoms with Crippen molar-refractivity contribution in [1.29, 1.82) is 0 Å². The van der Waals surface area contributed by atoms with Crippen molar-refractivity contribution in [2.24, 2.45) is 0 Å². The first kappa shape index (κ1) is 18.0. The van der Waals surface area contributed by atoms with Crippen molar-refractivity contribution < 1.29 is 22.7 Å². The lowest BCUT2D eigenvalue weighted by Crippen LogP contribution is -2.38. The van der Waals surface area contributed by atoms with E-state index in [2.05, 4.69) is 20.0 Å². The molecule has 0 saturated carbocycles. The molecule has 1 aromatic carbocycles. The Kier molecular flexibility index (Phi) is 5.24. The standard InChI is InChI=1S/C17H17F3N4O2/c18-17(19,20)26-15-4-2-1-3-12(15)9-23-16(25)24-8-5-13(11-24)14-10-21-6-7-22-14/h1-4,6-7,10,13H,5,8-9,11H2,(H,23,25). The molecular formula is C17H17F3N4O2. The van der Waals surface area contributed by atoms with Crippen molar-refractivity contribution in [3.8, 4) is 5.75 Å². The Morgan fingerprint density at radius 2 is 2.12 bits per heavy atom. The highest BCUT2D eigenvalue weighted by Gasteiger charge is 2.32. The molecule has 0 bridgehead atoms. The van der Waals surface area contributed by atoms with Gasteiger partial charge in [0.2, 0.25) is 0 Å². The molecule has 3 rings (SSSR count). The summed E-state index contributed by atoms with van der Waals surface area (Å²) in [6.45, 7) is 0.983. The Balaban J connectivity index is 1.57. The van der Waals surface area contributed by atoms with Crippen LogP contribution in [0.2, 0.25) is 0 Å². The summed E-state index contributed by atoms with van der Waals surface area (Å²) >= 11 is 0. The normalized spacial score (nSPS) is 17.2. The number of carbonyl (C=O) groups excluding carboxylic acids is 1. The molecule has 26 heavy (non-hydrogen) atoms. The van der Waals surface area contributed by atoms with Crippen LogP contribution in [-0.2, 0) is 6.54 Å². The summed E-state index contributed by atoms with van der Waals surface area (Å²) in [6, 6.07) is 5.39. The molecule has 1 aliphatic rings. The van der Waals surface area contributed by atoms with Crippen molar-refractivity contribution in [2.75, 3.05) is 13.1 Å². The minimum Gasteiger partial charge on any atom is -0.405 e. The third-order valence-corrected chi connectivity index (χ3v) is 4.11. The zero-order chi connectivity index (χ0) is 18.6. The van der Waals surface area contributed by atoms with E-state index >= 15 is 0 Å². The van der Waals surface area contributed by atoms with Crippen LogP contribution in [0.5, 0.6) is 5.75 Å². The van der Waals surface area contributed by atoms with Crippen LogP contribution in [0, 0.1) is 0 Å². The van der Waals surface area contributed by atoms with Gasteiger partial charge in [0, 0.05) is 49.7 Å². The first-order valence-corrected chi connectivity index (χ1v) is 8.05. The highest BCUT2D eigenvalue weighted by atomic mass is 19.4. The van der Waals surface area contributed by atoms with Gasteiger partial charge < -0.3 is 15.0 Å². The van der Waals surface area contributed by atoms with Crippen LogP contribution in [0.3, 0.4) is 0 Å². The van der Waals surface area contributed by atoms with E-state index in [0.29, 0.717) is 13.1 Å². The number of rotatable bonds is 4. The predicted molar refractivity (Wildman–Crippen MR) is 86.3 cm³/mol. The molecule has 1 aromatic heterocycles. The average Bonchev–Trinajstić information content (AvgIpc) is 3.10. The molecule has 9 heteroatoms. The number of hydrogen-bond acceptors (Lipinski definition) is 4. The maximum absolute atomic E-state index is 12.4. The Morgan fingerprint density at radius 3 is 2.85 bits per heavy atom. The van der Waals surface area contributed by atoms with Gasteiger partial charge in [-0.15, -0.1) is 13.2 Å². The number of amides is 2. The van der Waals surface area contributed by atoms with E-state index in [9.17, 15) is 18.0 Å². The minimum atomic E-state index is -4.78. The van der Waals surface area contributed by atoms with Gasteiger partial charge >= 0.3 is 12.4 Å². The summed E-state index contributed by atoms with van der Waals surface area (Å²) in [5.41, 5.74) is 1.08. The smallest absolute Gasteiger partial charge is 0.405 e. The van der Waals surface area contributed by atoms with Gasteiger partial charge in [-0.05, 0) is 12.5 Å². The number of halogens is 3. The number of carbonyl (C=O) groups is 1. The van der Waals surface area contributed by atoms with E-state index < -0.39 is 6.36 Å². The lowest BCUT2D eigenvalue weighted by atomic mass is 10.1. The zero-order valence-corrected chi connectivity index (χ0v) is 13.7. The Hall–Kier alpha value is -2.84. The molecule has 1 aliphatic heterocycles. The number of aromatic nitrogens is 2. The van der Waals surface area contributed by atoms with E-state index in [1.54, 1.807) is 29.6 Å². The third kappa shape index (κ3) is 4.62. The van der Waals surface area contributed by atoms with Gasteiger partial charge in [0.05, 0.1) is 5.69 Å². The molecule has 1 fully saturated rings. The second kappa shape index (κ2) is 7.59. The number of para-hydroxylation sites is 1. The Bertz CT molecular complexity index is 755. The van der Waals surface area contributed by atoms with Crippen LogP contribution in [0.1, 0.15) is 23.6 Å². The second-order valence-corrected chi connectivity index (χ2v) is 5.88. The van der Waals surface area contributed by atoms with Crippen LogP contribution in [0.4, 0.5) is 18.0 Å². The predicted octanol–water partition coefficient (Wildman–Crippen LogP) is 3.07. The third-order valence-electron chi connectivity index (χ3n) is 4.11. The van der Waals surface area contributed by atoms with Crippen molar-refractivity contribution >= 4 is 6.03 Å². The first-order valence-electron chi connectivity index (χ1n) is 8.05. The largest absolute Gasteiger partial charge is 0.573 e. The Labute approximate surface area is 148 Å². The van der Waals surface area contributed by atoms with Crippen molar-refractivity contribution in [3.63, 3.8) is 0 Å². The van der Waals surface area contributed by atoms with Gasteiger partial charge in [-0.2, -0.15) is 0 Å². The molecule has 138 valence electrons. The van der Waals surface area contributed by atoms with Crippen molar-refractivity contribution in [3.05, 3.63) is 54.1 Å². The molecule has 6 nitrogen and oxygen atoms in total. The quantitative estimate of drug-likeness (QED) is 0.903. The number of nitrogens with zero attached hydrogens (tertiary/aromatic N) is 3. The zero-order valence-electron chi connectivity index (χ0n) is 13.7. The van der Waals surface area contributed by atoms with Crippen molar-refractivity contribution in [1.82, 2.24) is 20.2 Å². The van der Waals surface area contributed by atoms with Crippen LogP contribution >= 0.6 is 0 Å². The molecule has 1 unspecified atom stereocenters. The van der Waals surface area contributed by atoms with E-state index in [0.717, 1.165) is 12.1 Å². The van der Waals surface area contributed by atoms with Gasteiger partial charge in [0.15, 0.2) is 0 Å². The molecular weight excluding hydrogens is 349 g/mol. The van der Waals surface area contributed by atoms with E-state index in [4.69, 9.17) is 0 Å². The van der Waals surface area contributed by atoms with Crippen molar-refractivity contribution in [2.45, 2.75) is 25.2 Å². The van der Waals surface area contributed by atoms with Crippen LogP contribution in [0.15, 0.2) is 42.9 Å². The van der Waals surface area contributed by atoms with Crippen LogP contribution < -0.4 is 10.1 Å². The van der Waals surface area contributed by atoms with Crippen LogP contribution in [0.25, 0.3) is 0 Å². The number of ether oxygens (including phenoxy) is 1. The molecule has 2 amide bonds. The van der Waals surface area contributed by atoms with Gasteiger partial charge in [0.25, 0.3) is 0 Å². The molecule has 2 aromatic rings. The summed E-state index contributed by atoms with van der Waals surface area (Å²) in [6.07, 6.45) is 0.856. The van der Waals surface area contributed by atoms with Gasteiger partial charge in [-0.3, -0.25) is 9.97 Å². The molecule has 1 atom stereocenters. The summed E-state index contributed by atoms with van der Waals surface area (Å²) in [7, 11) is 0. The van der Waals surface area contributed by atoms with Gasteiger partial charge in [-0.1, -0.05) is 18.2 Å². The minimum absolute atomic E-state index is 0.0581. The maximum Gasteiger partial charge on any atom is 0.573 e. The first-order chi connectivity index (χ1) is 12.4. The lowest BCUT2D eigenvalue weighted by Gasteiger charge is -2.18. The fourth-order valence-corrected chi connectivity index (χ4v) is 2.86. The average molecular weight is 366 g/mol. The number of nitrogens with one attached hydrogen (secondary N) is 1. The number of urea groups is 1. The highest BCUT2D eigenvalue weighted by Crippen LogP contribution is 2.27. The highest BCUT2D eigenvalue weighted by molar-refractivity contribution is 5.74. The maximum atomic E-state index is 12.4. The fourth-order valence-electron chi connectivity index (χ4n) is 2.86. The molecule has 0 aliphatic carbocycles. The van der Waals surface area contributed by atoms with E-state index in [1.807, 2.05) is 0 Å². The summed E-state index contributed by atoms with van der Waals surface area (Å²) in [4.78, 5) is 22.2. The number of benzene rings is 1. The molecule has 1 saturated heterocycles. The molecule has 2 heterocycles. The fraction of sp³-hybridized carbons (Fsp3) is 0.353. The Morgan fingerprint density at radius 1 is 1.31 bits per heavy atom. The molecule has 0 spiro atoms. The van der Waals surface area contributed by atoms with E-state index in [-0.39, 0.29) is 29.8 Å². The summed E-state index contributed by atoms with van der Waals surface area (Å²) in [5.74, 6) is -0.213. The molecule has 0 radical (unpaired) electrons. The topological polar surface area (TPSA) is 67.3 Å². The molecule has 1 N–H and O–H groups in total. The SMILES string of the molecule is O=C(NCc1ccccc1OC(F)(F)F)N1CCC(c2cnccn2)C1. The number of alkyl halides is 3. The monoisotopic (exact) mass is 366 g/mol. The van der Waals surface area contributed by atoms with Crippen LogP contribution in [-0.4, -0.2) is 40.4 Å². The summed E-state index contributed by atoms with van der Waals surface area (Å²) < 4.78 is 41.3. The second-order valence-electron chi connectivity index (χ2n) is 5.88. The van der Waals surface area contributed by atoms with Gasteiger partial charge in [0.1, 0.15) is 5.75 Å². The van der Waals surface area contributed by atoms with E-state index in [1.165, 1.54) is 18.2 Å². The number of hydrogen-bond donors (Lipinski definition) is 1. The van der Waals surface area contributed by atoms with Gasteiger partial charge in [-0.25, -0.2) is 4.79 Å². The number of likely N-dealkylation sites (tertiary alicyclic amines) is 1.